The minimum absolute atomic E-state index is 0.0217. The standard InChI is InChI=1S/C18H20F2N2O3S/c1-4-22(5-2)26(24,25)17-10-13(7-6-12(17)3)18(23)21-16-9-8-14(19)11-15(16)20/h6-11H,4-5H2,1-3H3,(H,21,23). The van der Waals surface area contributed by atoms with Crippen LogP contribution in [0.3, 0.4) is 0 Å². The number of aryl methyl sites for hydroxylation is 1. The molecule has 26 heavy (non-hydrogen) atoms. The average molecular weight is 382 g/mol. The molecule has 0 heterocycles. The number of sulfonamides is 1. The summed E-state index contributed by atoms with van der Waals surface area (Å²) < 4.78 is 53.4. The fourth-order valence-electron chi connectivity index (χ4n) is 2.51. The molecule has 0 bridgehead atoms. The molecule has 2 aromatic carbocycles. The van der Waals surface area contributed by atoms with Crippen molar-refractivity contribution in [1.82, 2.24) is 4.31 Å². The summed E-state index contributed by atoms with van der Waals surface area (Å²) in [7, 11) is -3.74. The first-order valence-electron chi connectivity index (χ1n) is 8.07. The van der Waals surface area contributed by atoms with E-state index in [9.17, 15) is 22.0 Å². The van der Waals surface area contributed by atoms with Crippen LogP contribution in [-0.2, 0) is 10.0 Å². The monoisotopic (exact) mass is 382 g/mol. The minimum Gasteiger partial charge on any atom is -0.319 e. The lowest BCUT2D eigenvalue weighted by Gasteiger charge is -2.20. The molecular formula is C18H20F2N2O3S. The van der Waals surface area contributed by atoms with Crippen molar-refractivity contribution in [1.29, 1.82) is 0 Å². The van der Waals surface area contributed by atoms with Crippen LogP contribution in [0.5, 0.6) is 0 Å². The van der Waals surface area contributed by atoms with Crippen molar-refractivity contribution < 1.29 is 22.0 Å². The predicted octanol–water partition coefficient (Wildman–Crippen LogP) is 3.56. The van der Waals surface area contributed by atoms with E-state index in [1.54, 1.807) is 20.8 Å². The molecule has 0 unspecified atom stereocenters. The predicted molar refractivity (Wildman–Crippen MR) is 95.6 cm³/mol. The van der Waals surface area contributed by atoms with E-state index in [2.05, 4.69) is 5.32 Å². The Morgan fingerprint density at radius 3 is 2.31 bits per heavy atom. The van der Waals surface area contributed by atoms with Gasteiger partial charge in [-0.3, -0.25) is 4.79 Å². The molecule has 2 aromatic rings. The first-order valence-corrected chi connectivity index (χ1v) is 9.51. The number of nitrogens with zero attached hydrogens (tertiary/aromatic N) is 1. The lowest BCUT2D eigenvalue weighted by Crippen LogP contribution is -2.31. The number of rotatable bonds is 6. The van der Waals surface area contributed by atoms with Crippen molar-refractivity contribution in [3.8, 4) is 0 Å². The number of anilines is 1. The lowest BCUT2D eigenvalue weighted by atomic mass is 10.1. The van der Waals surface area contributed by atoms with Crippen LogP contribution in [0.4, 0.5) is 14.5 Å². The van der Waals surface area contributed by atoms with E-state index in [1.807, 2.05) is 0 Å². The van der Waals surface area contributed by atoms with Crippen LogP contribution < -0.4 is 5.32 Å². The quantitative estimate of drug-likeness (QED) is 0.831. The third kappa shape index (κ3) is 4.08. The molecule has 1 amide bonds. The van der Waals surface area contributed by atoms with Gasteiger partial charge in [0.25, 0.3) is 5.91 Å². The lowest BCUT2D eigenvalue weighted by molar-refractivity contribution is 0.102. The second-order valence-electron chi connectivity index (χ2n) is 5.65. The molecule has 0 spiro atoms. The van der Waals surface area contributed by atoms with E-state index in [-0.39, 0.29) is 16.1 Å². The van der Waals surface area contributed by atoms with Crippen molar-refractivity contribution in [2.45, 2.75) is 25.7 Å². The Labute approximate surface area is 151 Å². The molecule has 0 saturated heterocycles. The molecule has 1 N–H and O–H groups in total. The molecule has 0 aliphatic rings. The number of halogens is 2. The first kappa shape index (κ1) is 20.0. The Morgan fingerprint density at radius 1 is 1.08 bits per heavy atom. The number of carbonyl (C=O) groups is 1. The number of benzene rings is 2. The van der Waals surface area contributed by atoms with Gasteiger partial charge < -0.3 is 5.32 Å². The van der Waals surface area contributed by atoms with Crippen molar-refractivity contribution in [2.24, 2.45) is 0 Å². The molecule has 8 heteroatoms. The summed E-state index contributed by atoms with van der Waals surface area (Å²) in [6, 6.07) is 7.01. The van der Waals surface area contributed by atoms with Gasteiger partial charge >= 0.3 is 0 Å². The molecule has 0 aliphatic heterocycles. The van der Waals surface area contributed by atoms with E-state index in [0.29, 0.717) is 24.7 Å². The third-order valence-corrected chi connectivity index (χ3v) is 6.14. The molecule has 140 valence electrons. The Kier molecular flexibility index (Phi) is 6.09. The summed E-state index contributed by atoms with van der Waals surface area (Å²) in [6.45, 7) is 5.69. The van der Waals surface area contributed by atoms with Gasteiger partial charge in [-0.25, -0.2) is 17.2 Å². The summed E-state index contributed by atoms with van der Waals surface area (Å²) in [5, 5.41) is 2.32. The maximum absolute atomic E-state index is 13.7. The van der Waals surface area contributed by atoms with Gasteiger partial charge in [0.2, 0.25) is 10.0 Å². The highest BCUT2D eigenvalue weighted by Gasteiger charge is 2.24. The van der Waals surface area contributed by atoms with Crippen molar-refractivity contribution in [3.63, 3.8) is 0 Å². The van der Waals surface area contributed by atoms with Crippen molar-refractivity contribution in [2.75, 3.05) is 18.4 Å². The van der Waals surface area contributed by atoms with Crippen LogP contribution in [-0.4, -0.2) is 31.7 Å². The van der Waals surface area contributed by atoms with Gasteiger partial charge in [-0.05, 0) is 36.8 Å². The highest BCUT2D eigenvalue weighted by Crippen LogP contribution is 2.22. The molecule has 0 fully saturated rings. The Balaban J connectivity index is 2.38. The third-order valence-electron chi connectivity index (χ3n) is 3.95. The fraction of sp³-hybridized carbons (Fsp3) is 0.278. The fourth-order valence-corrected chi connectivity index (χ4v) is 4.22. The number of hydrogen-bond acceptors (Lipinski definition) is 3. The topological polar surface area (TPSA) is 66.5 Å². The van der Waals surface area contributed by atoms with E-state index < -0.39 is 27.6 Å². The molecule has 2 rings (SSSR count). The minimum atomic E-state index is -3.74. The normalized spacial score (nSPS) is 11.6. The molecule has 5 nitrogen and oxygen atoms in total. The van der Waals surface area contributed by atoms with Crippen LogP contribution in [0.1, 0.15) is 29.8 Å². The van der Waals surface area contributed by atoms with E-state index in [4.69, 9.17) is 0 Å². The van der Waals surface area contributed by atoms with Gasteiger partial charge in [0, 0.05) is 24.7 Å². The summed E-state index contributed by atoms with van der Waals surface area (Å²) >= 11 is 0. The van der Waals surface area contributed by atoms with E-state index in [0.717, 1.165) is 12.1 Å². The summed E-state index contributed by atoms with van der Waals surface area (Å²) in [6.07, 6.45) is 0. The van der Waals surface area contributed by atoms with E-state index >= 15 is 0 Å². The van der Waals surface area contributed by atoms with Crippen LogP contribution in [0.2, 0.25) is 0 Å². The SMILES string of the molecule is CCN(CC)S(=O)(=O)c1cc(C(=O)Nc2ccc(F)cc2F)ccc1C. The average Bonchev–Trinajstić information content (AvgIpc) is 2.58. The van der Waals surface area contributed by atoms with Crippen LogP contribution >= 0.6 is 0 Å². The van der Waals surface area contributed by atoms with Gasteiger partial charge in [-0.1, -0.05) is 19.9 Å². The van der Waals surface area contributed by atoms with Gasteiger partial charge in [0.05, 0.1) is 10.6 Å². The smallest absolute Gasteiger partial charge is 0.255 e. The van der Waals surface area contributed by atoms with Gasteiger partial charge in [-0.2, -0.15) is 4.31 Å². The molecule has 0 radical (unpaired) electrons. The number of hydrogen-bond donors (Lipinski definition) is 1. The maximum atomic E-state index is 13.7. The zero-order chi connectivity index (χ0) is 19.5. The second kappa shape index (κ2) is 7.92. The maximum Gasteiger partial charge on any atom is 0.255 e. The van der Waals surface area contributed by atoms with Crippen LogP contribution in [0.25, 0.3) is 0 Å². The van der Waals surface area contributed by atoms with Crippen molar-refractivity contribution >= 4 is 21.6 Å². The highest BCUT2D eigenvalue weighted by molar-refractivity contribution is 7.89. The van der Waals surface area contributed by atoms with Gasteiger partial charge in [0.1, 0.15) is 11.6 Å². The molecule has 0 aromatic heterocycles. The molecule has 0 saturated carbocycles. The van der Waals surface area contributed by atoms with Crippen LogP contribution in [0, 0.1) is 18.6 Å². The van der Waals surface area contributed by atoms with Gasteiger partial charge in [-0.15, -0.1) is 0 Å². The summed E-state index contributed by atoms with van der Waals surface area (Å²) in [5.74, 6) is -2.36. The molecular weight excluding hydrogens is 362 g/mol. The Morgan fingerprint density at radius 2 is 1.73 bits per heavy atom. The molecule has 0 atom stereocenters. The number of amides is 1. The summed E-state index contributed by atoms with van der Waals surface area (Å²) in [4.78, 5) is 12.4. The zero-order valence-corrected chi connectivity index (χ0v) is 15.5. The first-order chi connectivity index (χ1) is 12.2. The highest BCUT2D eigenvalue weighted by atomic mass is 32.2. The van der Waals surface area contributed by atoms with Gasteiger partial charge in [0.15, 0.2) is 0 Å². The Bertz CT molecular complexity index is 926. The summed E-state index contributed by atoms with van der Waals surface area (Å²) in [5.41, 5.74) is 0.372. The van der Waals surface area contributed by atoms with Crippen LogP contribution in [0.15, 0.2) is 41.3 Å². The van der Waals surface area contributed by atoms with Crippen molar-refractivity contribution in [3.05, 3.63) is 59.2 Å². The second-order valence-corrected chi connectivity index (χ2v) is 7.55. The molecule has 0 aliphatic carbocycles. The largest absolute Gasteiger partial charge is 0.319 e. The van der Waals surface area contributed by atoms with E-state index in [1.165, 1.54) is 22.5 Å². The Hall–Kier alpha value is -2.32. The number of carbonyl (C=O) groups excluding carboxylic acids is 1. The zero-order valence-electron chi connectivity index (χ0n) is 14.7. The number of nitrogens with one attached hydrogen (secondary N) is 1.